The molecule has 1 aliphatic rings. The van der Waals surface area contributed by atoms with Gasteiger partial charge in [-0.05, 0) is 85.1 Å². The SMILES string of the molecule is COc1ccc(NC(=O)c2ccc(NC(=O)C3CCN(C(=O)c4cc(Cc5n[nH]c(=O)c6ccccc56)ccc4F)CC3)cc2)cc1. The van der Waals surface area contributed by atoms with Crippen LogP contribution in [0.2, 0.25) is 0 Å². The summed E-state index contributed by atoms with van der Waals surface area (Å²) in [5.74, 6) is -1.17. The summed E-state index contributed by atoms with van der Waals surface area (Å²) < 4.78 is 20.0. The van der Waals surface area contributed by atoms with Gasteiger partial charge in [-0.15, -0.1) is 0 Å². The van der Waals surface area contributed by atoms with Crippen molar-refractivity contribution >= 4 is 39.9 Å². The minimum atomic E-state index is -0.626. The number of benzene rings is 4. The van der Waals surface area contributed by atoms with Gasteiger partial charge in [-0.3, -0.25) is 19.2 Å². The van der Waals surface area contributed by atoms with Crippen LogP contribution >= 0.6 is 0 Å². The van der Waals surface area contributed by atoms with Crippen molar-refractivity contribution in [2.24, 2.45) is 5.92 Å². The lowest BCUT2D eigenvalue weighted by Crippen LogP contribution is -2.41. The highest BCUT2D eigenvalue weighted by molar-refractivity contribution is 6.04. The number of amides is 3. The van der Waals surface area contributed by atoms with E-state index in [1.807, 2.05) is 12.1 Å². The van der Waals surface area contributed by atoms with Gasteiger partial charge in [-0.25, -0.2) is 9.49 Å². The summed E-state index contributed by atoms with van der Waals surface area (Å²) in [4.78, 5) is 52.7. The van der Waals surface area contributed by atoms with Crippen molar-refractivity contribution in [2.75, 3.05) is 30.8 Å². The number of anilines is 2. The Kier molecular flexibility index (Phi) is 9.05. The number of fused-ring (bicyclic) bond motifs is 1. The van der Waals surface area contributed by atoms with E-state index < -0.39 is 11.7 Å². The van der Waals surface area contributed by atoms with Gasteiger partial charge < -0.3 is 20.3 Å². The number of H-pyrrole nitrogens is 1. The topological polar surface area (TPSA) is 133 Å². The highest BCUT2D eigenvalue weighted by Gasteiger charge is 2.29. The van der Waals surface area contributed by atoms with Crippen LogP contribution < -0.4 is 20.9 Å². The van der Waals surface area contributed by atoms with E-state index in [2.05, 4.69) is 20.8 Å². The zero-order chi connectivity index (χ0) is 32.9. The second-order valence-corrected chi connectivity index (χ2v) is 11.4. The third-order valence-electron chi connectivity index (χ3n) is 8.32. The first-order chi connectivity index (χ1) is 22.8. The molecule has 10 nitrogen and oxygen atoms in total. The highest BCUT2D eigenvalue weighted by atomic mass is 19.1. The molecule has 1 aromatic heterocycles. The van der Waals surface area contributed by atoms with Crippen molar-refractivity contribution in [1.29, 1.82) is 0 Å². The van der Waals surface area contributed by atoms with Crippen molar-refractivity contribution in [2.45, 2.75) is 19.3 Å². The number of nitrogens with one attached hydrogen (secondary N) is 3. The minimum Gasteiger partial charge on any atom is -0.497 e. The monoisotopic (exact) mass is 633 g/mol. The molecule has 0 atom stereocenters. The van der Waals surface area contributed by atoms with Crippen LogP contribution in [0.25, 0.3) is 10.8 Å². The smallest absolute Gasteiger partial charge is 0.272 e. The minimum absolute atomic E-state index is 0.0461. The molecule has 3 N–H and O–H groups in total. The molecule has 47 heavy (non-hydrogen) atoms. The summed E-state index contributed by atoms with van der Waals surface area (Å²) in [6, 6.07) is 25.1. The van der Waals surface area contributed by atoms with E-state index in [9.17, 15) is 23.6 Å². The summed E-state index contributed by atoms with van der Waals surface area (Å²) in [7, 11) is 1.57. The molecule has 11 heteroatoms. The van der Waals surface area contributed by atoms with Gasteiger partial charge in [0.25, 0.3) is 17.4 Å². The lowest BCUT2D eigenvalue weighted by atomic mass is 9.95. The molecule has 0 spiro atoms. The molecule has 0 saturated carbocycles. The van der Waals surface area contributed by atoms with E-state index >= 15 is 0 Å². The predicted molar refractivity (Wildman–Crippen MR) is 176 cm³/mol. The Morgan fingerprint density at radius 1 is 0.894 bits per heavy atom. The summed E-state index contributed by atoms with van der Waals surface area (Å²) in [6.07, 6.45) is 1.15. The fraction of sp³-hybridized carbons (Fsp3) is 0.194. The van der Waals surface area contributed by atoms with Gasteiger partial charge in [0.15, 0.2) is 0 Å². The molecule has 0 radical (unpaired) electrons. The fourth-order valence-electron chi connectivity index (χ4n) is 5.69. The zero-order valence-electron chi connectivity index (χ0n) is 25.6. The number of nitrogens with zero attached hydrogens (tertiary/aromatic N) is 2. The molecule has 3 amide bonds. The molecule has 238 valence electrons. The van der Waals surface area contributed by atoms with Crippen LogP contribution in [0.15, 0.2) is 95.8 Å². The van der Waals surface area contributed by atoms with E-state index in [0.29, 0.717) is 77.1 Å². The zero-order valence-corrected chi connectivity index (χ0v) is 25.6. The van der Waals surface area contributed by atoms with Crippen LogP contribution in [0, 0.1) is 11.7 Å². The van der Waals surface area contributed by atoms with E-state index in [4.69, 9.17) is 4.74 Å². The van der Waals surface area contributed by atoms with Crippen molar-refractivity contribution in [3.05, 3.63) is 130 Å². The number of carbonyl (C=O) groups excluding carboxylic acids is 3. The van der Waals surface area contributed by atoms with Gasteiger partial charge in [0.2, 0.25) is 5.91 Å². The van der Waals surface area contributed by atoms with E-state index in [0.717, 1.165) is 0 Å². The molecule has 2 heterocycles. The van der Waals surface area contributed by atoms with Crippen LogP contribution in [-0.2, 0) is 11.2 Å². The predicted octanol–water partition coefficient (Wildman–Crippen LogP) is 5.40. The summed E-state index contributed by atoms with van der Waals surface area (Å²) in [6.45, 7) is 0.606. The lowest BCUT2D eigenvalue weighted by Gasteiger charge is -2.31. The molecule has 6 rings (SSSR count). The molecule has 0 unspecified atom stereocenters. The Bertz CT molecular complexity index is 2000. The Balaban J connectivity index is 1.03. The number of carbonyl (C=O) groups is 3. The Morgan fingerprint density at radius 3 is 2.26 bits per heavy atom. The molecular weight excluding hydrogens is 601 g/mol. The molecular formula is C36H32FN5O5. The molecule has 0 aliphatic carbocycles. The van der Waals surface area contributed by atoms with Gasteiger partial charge in [-0.1, -0.05) is 24.3 Å². The summed E-state index contributed by atoms with van der Waals surface area (Å²) in [5.41, 5.74) is 2.57. The maximum atomic E-state index is 14.9. The highest BCUT2D eigenvalue weighted by Crippen LogP contribution is 2.24. The number of aromatic amines is 1. The first kappa shape index (κ1) is 31.2. The Labute approximate surface area is 269 Å². The van der Waals surface area contributed by atoms with Crippen LogP contribution in [0.3, 0.4) is 0 Å². The van der Waals surface area contributed by atoms with Gasteiger partial charge >= 0.3 is 0 Å². The number of ether oxygens (including phenoxy) is 1. The number of hydrogen-bond donors (Lipinski definition) is 3. The van der Waals surface area contributed by atoms with Crippen LogP contribution in [0.5, 0.6) is 5.75 Å². The fourth-order valence-corrected chi connectivity index (χ4v) is 5.69. The second-order valence-electron chi connectivity index (χ2n) is 11.4. The van der Waals surface area contributed by atoms with E-state index in [-0.39, 0.29) is 28.9 Å². The summed E-state index contributed by atoms with van der Waals surface area (Å²) in [5, 5.41) is 13.6. The number of piperidine rings is 1. The van der Waals surface area contributed by atoms with Crippen molar-refractivity contribution in [3.8, 4) is 5.75 Å². The van der Waals surface area contributed by atoms with Gasteiger partial charge in [0, 0.05) is 47.8 Å². The average Bonchev–Trinajstić information content (AvgIpc) is 3.10. The number of aromatic nitrogens is 2. The maximum Gasteiger partial charge on any atom is 0.272 e. The number of rotatable bonds is 8. The molecule has 4 aromatic carbocycles. The van der Waals surface area contributed by atoms with Crippen LogP contribution in [-0.4, -0.2) is 53.0 Å². The first-order valence-electron chi connectivity index (χ1n) is 15.2. The number of likely N-dealkylation sites (tertiary alicyclic amines) is 1. The molecule has 1 saturated heterocycles. The number of hydrogen-bond acceptors (Lipinski definition) is 6. The van der Waals surface area contributed by atoms with E-state index in [1.54, 1.807) is 78.7 Å². The lowest BCUT2D eigenvalue weighted by molar-refractivity contribution is -0.121. The quantitative estimate of drug-likeness (QED) is 0.210. The Hall–Kier alpha value is -5.84. The molecule has 1 fully saturated rings. The number of methoxy groups -OCH3 is 1. The van der Waals surface area contributed by atoms with Gasteiger partial charge in [-0.2, -0.15) is 5.10 Å². The third-order valence-corrected chi connectivity index (χ3v) is 8.32. The third kappa shape index (κ3) is 7.04. The normalized spacial score (nSPS) is 13.3. The summed E-state index contributed by atoms with van der Waals surface area (Å²) >= 11 is 0. The number of halogens is 1. The molecule has 1 aliphatic heterocycles. The standard InChI is InChI=1S/C36H32FN5O5/c1-47-27-13-11-26(12-14-27)39-33(43)23-7-9-25(10-8-23)38-34(44)24-16-18-42(19-17-24)36(46)30-20-22(6-15-31(30)37)21-32-28-4-2-3-5-29(28)35(45)41-40-32/h2-15,20,24H,16-19,21H2,1H3,(H,38,44)(H,39,43)(H,41,45). The van der Waals surface area contributed by atoms with E-state index in [1.165, 1.54) is 12.1 Å². The van der Waals surface area contributed by atoms with Gasteiger partial charge in [0.1, 0.15) is 11.6 Å². The van der Waals surface area contributed by atoms with Crippen molar-refractivity contribution in [1.82, 2.24) is 15.1 Å². The van der Waals surface area contributed by atoms with Crippen molar-refractivity contribution < 1.29 is 23.5 Å². The first-order valence-corrected chi connectivity index (χ1v) is 15.2. The van der Waals surface area contributed by atoms with Gasteiger partial charge in [0.05, 0.1) is 23.8 Å². The average molecular weight is 634 g/mol. The molecule has 5 aromatic rings. The Morgan fingerprint density at radius 2 is 1.55 bits per heavy atom. The molecule has 0 bridgehead atoms. The maximum absolute atomic E-state index is 14.9. The van der Waals surface area contributed by atoms with Crippen molar-refractivity contribution in [3.63, 3.8) is 0 Å². The van der Waals surface area contributed by atoms with Crippen LogP contribution in [0.4, 0.5) is 15.8 Å². The van der Waals surface area contributed by atoms with Crippen LogP contribution in [0.1, 0.15) is 44.8 Å². The second kappa shape index (κ2) is 13.7. The largest absolute Gasteiger partial charge is 0.497 e.